The third kappa shape index (κ3) is 1.96. The Hall–Kier alpha value is -1.29. The van der Waals surface area contributed by atoms with E-state index in [1.165, 1.54) is 7.11 Å². The molecule has 2 rings (SSSR count). The number of carbonyl (C=O) groups is 1. The van der Waals surface area contributed by atoms with Gasteiger partial charge in [-0.3, -0.25) is 5.32 Å². The number of rotatable bonds is 4. The van der Waals surface area contributed by atoms with Gasteiger partial charge in [-0.2, -0.15) is 0 Å². The number of aromatic nitrogens is 1. The van der Waals surface area contributed by atoms with Crippen molar-refractivity contribution in [2.24, 2.45) is 0 Å². The van der Waals surface area contributed by atoms with Gasteiger partial charge in [0, 0.05) is 18.4 Å². The lowest BCUT2D eigenvalue weighted by molar-refractivity contribution is -0.143. The fourth-order valence-electron chi connectivity index (χ4n) is 1.42. The summed E-state index contributed by atoms with van der Waals surface area (Å²) in [6, 6.07) is 2.05. The summed E-state index contributed by atoms with van der Waals surface area (Å²) in [5.41, 5.74) is 0.934. The first-order valence-corrected chi connectivity index (χ1v) is 4.78. The maximum Gasteiger partial charge on any atom is 0.327 e. The summed E-state index contributed by atoms with van der Waals surface area (Å²) in [6.45, 7) is 0. The Balaban J connectivity index is 2.08. The molecule has 1 fully saturated rings. The van der Waals surface area contributed by atoms with Crippen molar-refractivity contribution in [1.29, 1.82) is 0 Å². The van der Waals surface area contributed by atoms with Crippen LogP contribution in [0.2, 0.25) is 0 Å². The predicted molar refractivity (Wildman–Crippen MR) is 51.7 cm³/mol. The van der Waals surface area contributed by atoms with Crippen molar-refractivity contribution in [3.05, 3.63) is 24.0 Å². The van der Waals surface area contributed by atoms with Gasteiger partial charge in [-0.1, -0.05) is 0 Å². The van der Waals surface area contributed by atoms with Crippen LogP contribution in [0, 0.1) is 0 Å². The van der Waals surface area contributed by atoms with E-state index in [2.05, 4.69) is 10.3 Å². The first kappa shape index (κ1) is 9.27. The number of esters is 1. The highest BCUT2D eigenvalue weighted by Gasteiger charge is 2.30. The number of nitrogens with one attached hydrogen (secondary N) is 2. The van der Waals surface area contributed by atoms with E-state index in [-0.39, 0.29) is 12.0 Å². The summed E-state index contributed by atoms with van der Waals surface area (Å²) in [6.07, 6.45) is 5.92. The van der Waals surface area contributed by atoms with E-state index in [0.717, 1.165) is 18.4 Å². The maximum atomic E-state index is 11.5. The van der Waals surface area contributed by atoms with Crippen LogP contribution in [-0.2, 0) is 9.53 Å². The van der Waals surface area contributed by atoms with E-state index >= 15 is 0 Å². The van der Waals surface area contributed by atoms with Crippen LogP contribution in [0.3, 0.4) is 0 Å². The van der Waals surface area contributed by atoms with Gasteiger partial charge >= 0.3 is 5.97 Å². The molecule has 0 spiro atoms. The van der Waals surface area contributed by atoms with Crippen LogP contribution in [0.4, 0.5) is 0 Å². The molecule has 2 N–H and O–H groups in total. The molecule has 1 aliphatic rings. The third-order valence-corrected chi connectivity index (χ3v) is 2.37. The van der Waals surface area contributed by atoms with Crippen LogP contribution in [0.25, 0.3) is 0 Å². The molecular formula is C10H14N2O2. The van der Waals surface area contributed by atoms with Crippen LogP contribution in [0.15, 0.2) is 18.5 Å². The van der Waals surface area contributed by atoms with Gasteiger partial charge in [0.2, 0.25) is 0 Å². The van der Waals surface area contributed by atoms with Gasteiger partial charge in [-0.25, -0.2) is 4.79 Å². The second-order valence-corrected chi connectivity index (χ2v) is 3.54. The lowest BCUT2D eigenvalue weighted by atomic mass is 10.1. The highest BCUT2D eigenvalue weighted by atomic mass is 16.5. The zero-order chi connectivity index (χ0) is 9.97. The van der Waals surface area contributed by atoms with Crippen LogP contribution in [-0.4, -0.2) is 24.1 Å². The van der Waals surface area contributed by atoms with Gasteiger partial charge in [0.15, 0.2) is 0 Å². The molecule has 0 aromatic carbocycles. The van der Waals surface area contributed by atoms with Crippen molar-refractivity contribution in [3.8, 4) is 0 Å². The SMILES string of the molecule is COC(=O)C(NC1CC1)c1cc[nH]c1. The molecule has 0 aliphatic heterocycles. The Kier molecular flexibility index (Phi) is 2.54. The molecule has 0 saturated heterocycles. The molecule has 76 valence electrons. The predicted octanol–water partition coefficient (Wildman–Crippen LogP) is 0.981. The van der Waals surface area contributed by atoms with Crippen molar-refractivity contribution >= 4 is 5.97 Å². The number of methoxy groups -OCH3 is 1. The molecule has 1 aromatic heterocycles. The fraction of sp³-hybridized carbons (Fsp3) is 0.500. The molecule has 1 atom stereocenters. The number of carbonyl (C=O) groups excluding carboxylic acids is 1. The van der Waals surface area contributed by atoms with E-state index in [1.807, 2.05) is 12.3 Å². The summed E-state index contributed by atoms with van der Waals surface area (Å²) in [4.78, 5) is 14.4. The normalized spacial score (nSPS) is 17.8. The summed E-state index contributed by atoms with van der Waals surface area (Å²) in [7, 11) is 1.41. The van der Waals surface area contributed by atoms with Crippen molar-refractivity contribution in [2.45, 2.75) is 24.9 Å². The van der Waals surface area contributed by atoms with Crippen LogP contribution in [0.1, 0.15) is 24.4 Å². The molecule has 1 aliphatic carbocycles. The second kappa shape index (κ2) is 3.84. The topological polar surface area (TPSA) is 54.1 Å². The number of aromatic amines is 1. The molecule has 1 aromatic rings. The average molecular weight is 194 g/mol. The molecular weight excluding hydrogens is 180 g/mol. The molecule has 14 heavy (non-hydrogen) atoms. The largest absolute Gasteiger partial charge is 0.468 e. The lowest BCUT2D eigenvalue weighted by Crippen LogP contribution is -2.30. The van der Waals surface area contributed by atoms with E-state index in [9.17, 15) is 4.79 Å². The first-order valence-electron chi connectivity index (χ1n) is 4.78. The zero-order valence-electron chi connectivity index (χ0n) is 8.12. The highest BCUT2D eigenvalue weighted by molar-refractivity contribution is 5.77. The van der Waals surface area contributed by atoms with Gasteiger partial charge in [0.1, 0.15) is 6.04 Å². The monoisotopic (exact) mass is 194 g/mol. The average Bonchev–Trinajstić information content (AvgIpc) is 2.86. The summed E-state index contributed by atoms with van der Waals surface area (Å²) in [5, 5.41) is 3.25. The van der Waals surface area contributed by atoms with E-state index in [4.69, 9.17) is 4.74 Å². The van der Waals surface area contributed by atoms with Crippen LogP contribution < -0.4 is 5.32 Å². The van der Waals surface area contributed by atoms with E-state index in [1.54, 1.807) is 6.20 Å². The molecule has 0 bridgehead atoms. The lowest BCUT2D eigenvalue weighted by Gasteiger charge is -2.14. The standard InChI is InChI=1S/C10H14N2O2/c1-14-10(13)9(12-8-2-3-8)7-4-5-11-6-7/h4-6,8-9,11-12H,2-3H2,1H3. The van der Waals surface area contributed by atoms with Crippen molar-refractivity contribution in [2.75, 3.05) is 7.11 Å². The zero-order valence-corrected chi connectivity index (χ0v) is 8.12. The molecule has 4 nitrogen and oxygen atoms in total. The Bertz CT molecular complexity index is 304. The smallest absolute Gasteiger partial charge is 0.327 e. The summed E-state index contributed by atoms with van der Waals surface area (Å²) < 4.78 is 4.75. The van der Waals surface area contributed by atoms with Crippen LogP contribution in [0.5, 0.6) is 0 Å². The van der Waals surface area contributed by atoms with E-state index in [0.29, 0.717) is 6.04 Å². The van der Waals surface area contributed by atoms with E-state index < -0.39 is 0 Å². The molecule has 0 radical (unpaired) electrons. The molecule has 1 heterocycles. The minimum atomic E-state index is -0.321. The highest BCUT2D eigenvalue weighted by Crippen LogP contribution is 2.24. The second-order valence-electron chi connectivity index (χ2n) is 3.54. The number of ether oxygens (including phenoxy) is 1. The van der Waals surface area contributed by atoms with Gasteiger partial charge in [0.25, 0.3) is 0 Å². The summed E-state index contributed by atoms with van der Waals surface area (Å²) in [5.74, 6) is -0.225. The molecule has 1 saturated carbocycles. The van der Waals surface area contributed by atoms with Crippen molar-refractivity contribution in [1.82, 2.24) is 10.3 Å². The molecule has 1 unspecified atom stereocenters. The van der Waals surface area contributed by atoms with Crippen molar-refractivity contribution in [3.63, 3.8) is 0 Å². The maximum absolute atomic E-state index is 11.5. The van der Waals surface area contributed by atoms with Gasteiger partial charge in [0.05, 0.1) is 7.11 Å². The van der Waals surface area contributed by atoms with Crippen LogP contribution >= 0.6 is 0 Å². The Labute approximate surface area is 82.6 Å². The third-order valence-electron chi connectivity index (χ3n) is 2.37. The number of hydrogen-bond donors (Lipinski definition) is 2. The summed E-state index contributed by atoms with van der Waals surface area (Å²) >= 11 is 0. The minimum absolute atomic E-state index is 0.225. The Morgan fingerprint density at radius 3 is 3.00 bits per heavy atom. The van der Waals surface area contributed by atoms with Gasteiger partial charge < -0.3 is 9.72 Å². The van der Waals surface area contributed by atoms with Crippen molar-refractivity contribution < 1.29 is 9.53 Å². The Morgan fingerprint density at radius 2 is 2.50 bits per heavy atom. The van der Waals surface area contributed by atoms with Gasteiger partial charge in [-0.15, -0.1) is 0 Å². The van der Waals surface area contributed by atoms with Gasteiger partial charge in [-0.05, 0) is 24.5 Å². The minimum Gasteiger partial charge on any atom is -0.468 e. The number of H-pyrrole nitrogens is 1. The molecule has 4 heteroatoms. The molecule has 0 amide bonds. The first-order chi connectivity index (χ1) is 6.81. The Morgan fingerprint density at radius 1 is 1.71 bits per heavy atom. The fourth-order valence-corrected chi connectivity index (χ4v) is 1.42. The quantitative estimate of drug-likeness (QED) is 0.702. The number of hydrogen-bond acceptors (Lipinski definition) is 3.